The molecule has 3 N–H and O–H groups in total. The average Bonchev–Trinajstić information content (AvgIpc) is 2.29. The van der Waals surface area contributed by atoms with E-state index in [1.165, 1.54) is 0 Å². The van der Waals surface area contributed by atoms with E-state index >= 15 is 0 Å². The lowest BCUT2D eigenvalue weighted by Crippen LogP contribution is -2.39. The van der Waals surface area contributed by atoms with Crippen LogP contribution in [0, 0.1) is 5.41 Å². The normalized spacial score (nSPS) is 12.1. The molecule has 0 aliphatic carbocycles. The van der Waals surface area contributed by atoms with Gasteiger partial charge in [-0.1, -0.05) is 20.8 Å². The molecular formula is C16H33N3O2. The predicted molar refractivity (Wildman–Crippen MR) is 87.1 cm³/mol. The molecule has 0 heterocycles. The van der Waals surface area contributed by atoms with Crippen molar-refractivity contribution in [3.8, 4) is 0 Å². The van der Waals surface area contributed by atoms with E-state index in [0.29, 0.717) is 32.5 Å². The van der Waals surface area contributed by atoms with Crippen molar-refractivity contribution in [2.45, 2.75) is 66.3 Å². The zero-order valence-corrected chi connectivity index (χ0v) is 14.6. The van der Waals surface area contributed by atoms with Gasteiger partial charge in [-0.15, -0.1) is 0 Å². The van der Waals surface area contributed by atoms with Gasteiger partial charge in [-0.3, -0.25) is 9.59 Å². The molecule has 5 heteroatoms. The molecule has 0 aliphatic rings. The van der Waals surface area contributed by atoms with Gasteiger partial charge in [0.25, 0.3) is 0 Å². The molecule has 0 atom stereocenters. The average molecular weight is 299 g/mol. The van der Waals surface area contributed by atoms with E-state index in [1.54, 1.807) is 0 Å². The van der Waals surface area contributed by atoms with E-state index < -0.39 is 0 Å². The highest BCUT2D eigenvalue weighted by Crippen LogP contribution is 2.19. The smallest absolute Gasteiger partial charge is 0.221 e. The van der Waals surface area contributed by atoms with Gasteiger partial charge in [-0.25, -0.2) is 0 Å². The Kier molecular flexibility index (Phi) is 8.55. The van der Waals surface area contributed by atoms with Gasteiger partial charge in [-0.2, -0.15) is 0 Å². The monoisotopic (exact) mass is 299 g/mol. The summed E-state index contributed by atoms with van der Waals surface area (Å²) in [7, 11) is 0. The van der Waals surface area contributed by atoms with Gasteiger partial charge in [0, 0.05) is 38.0 Å². The summed E-state index contributed by atoms with van der Waals surface area (Å²) in [6, 6.07) is 0. The fourth-order valence-corrected chi connectivity index (χ4v) is 1.62. The molecule has 5 nitrogen and oxygen atoms in total. The van der Waals surface area contributed by atoms with E-state index in [1.807, 2.05) is 0 Å². The minimum Gasteiger partial charge on any atom is -0.354 e. The number of hydrogen-bond donors (Lipinski definition) is 3. The lowest BCUT2D eigenvalue weighted by molar-refractivity contribution is -0.123. The number of rotatable bonds is 8. The standard InChI is InChI=1S/C16H33N3O2/c1-15(2,3)9-7-13(20)17-11-12-18-14(21)8-10-19-16(4,5)6/h19H,7-12H2,1-6H3,(H,17,20)(H,18,21). The van der Waals surface area contributed by atoms with Gasteiger partial charge >= 0.3 is 0 Å². The molecule has 2 amide bonds. The fourth-order valence-electron chi connectivity index (χ4n) is 1.62. The zero-order valence-electron chi connectivity index (χ0n) is 14.6. The number of carbonyl (C=O) groups is 2. The molecule has 0 fully saturated rings. The molecular weight excluding hydrogens is 266 g/mol. The molecule has 0 saturated carbocycles. The van der Waals surface area contributed by atoms with Crippen LogP contribution in [-0.4, -0.2) is 37.0 Å². The number of amides is 2. The molecule has 0 aromatic carbocycles. The van der Waals surface area contributed by atoms with Crippen LogP contribution in [0.2, 0.25) is 0 Å². The molecule has 0 aromatic rings. The van der Waals surface area contributed by atoms with Crippen molar-refractivity contribution in [2.24, 2.45) is 5.41 Å². The van der Waals surface area contributed by atoms with Crippen LogP contribution in [0.4, 0.5) is 0 Å². The fraction of sp³-hybridized carbons (Fsp3) is 0.875. The van der Waals surface area contributed by atoms with Gasteiger partial charge in [0.1, 0.15) is 0 Å². The first-order chi connectivity index (χ1) is 9.49. The van der Waals surface area contributed by atoms with Gasteiger partial charge in [0.2, 0.25) is 11.8 Å². The molecule has 21 heavy (non-hydrogen) atoms. The Balaban J connectivity index is 3.58. The SMILES string of the molecule is CC(C)(C)CCC(=O)NCCNC(=O)CCNC(C)(C)C. The van der Waals surface area contributed by atoms with E-state index in [-0.39, 0.29) is 22.8 Å². The van der Waals surface area contributed by atoms with Crippen molar-refractivity contribution < 1.29 is 9.59 Å². The molecule has 0 saturated heterocycles. The second kappa shape index (κ2) is 9.03. The second-order valence-corrected chi connectivity index (χ2v) is 7.69. The summed E-state index contributed by atoms with van der Waals surface area (Å²) in [5.74, 6) is 0.0595. The number of hydrogen-bond acceptors (Lipinski definition) is 3. The number of nitrogens with one attached hydrogen (secondary N) is 3. The molecule has 0 rings (SSSR count). The van der Waals surface area contributed by atoms with Gasteiger partial charge in [-0.05, 0) is 32.6 Å². The van der Waals surface area contributed by atoms with Crippen molar-refractivity contribution in [1.82, 2.24) is 16.0 Å². The topological polar surface area (TPSA) is 70.2 Å². The second-order valence-electron chi connectivity index (χ2n) is 7.69. The Morgan fingerprint density at radius 2 is 1.24 bits per heavy atom. The van der Waals surface area contributed by atoms with Crippen LogP contribution in [0.25, 0.3) is 0 Å². The predicted octanol–water partition coefficient (Wildman–Crippen LogP) is 1.82. The first-order valence-electron chi connectivity index (χ1n) is 7.78. The Morgan fingerprint density at radius 1 is 0.762 bits per heavy atom. The molecule has 124 valence electrons. The Hall–Kier alpha value is -1.10. The Labute approximate surface area is 129 Å². The highest BCUT2D eigenvalue weighted by molar-refractivity contribution is 5.77. The molecule has 0 radical (unpaired) electrons. The number of carbonyl (C=O) groups excluding carboxylic acids is 2. The van der Waals surface area contributed by atoms with E-state index in [4.69, 9.17) is 0 Å². The van der Waals surface area contributed by atoms with Crippen LogP contribution in [0.1, 0.15) is 60.8 Å². The summed E-state index contributed by atoms with van der Waals surface area (Å²) in [4.78, 5) is 23.1. The van der Waals surface area contributed by atoms with Crippen LogP contribution >= 0.6 is 0 Å². The van der Waals surface area contributed by atoms with Crippen LogP contribution in [0.15, 0.2) is 0 Å². The van der Waals surface area contributed by atoms with Gasteiger partial charge < -0.3 is 16.0 Å². The summed E-state index contributed by atoms with van der Waals surface area (Å²) in [5, 5.41) is 8.89. The third-order valence-corrected chi connectivity index (χ3v) is 2.88. The van der Waals surface area contributed by atoms with Gasteiger partial charge in [0.15, 0.2) is 0 Å². The summed E-state index contributed by atoms with van der Waals surface area (Å²) in [6.45, 7) is 14.2. The summed E-state index contributed by atoms with van der Waals surface area (Å²) < 4.78 is 0. The maximum Gasteiger partial charge on any atom is 0.221 e. The molecule has 0 aliphatic heterocycles. The van der Waals surface area contributed by atoms with E-state index in [2.05, 4.69) is 57.5 Å². The minimum absolute atomic E-state index is 0.00990. The Bertz CT molecular complexity index is 327. The van der Waals surface area contributed by atoms with Crippen molar-refractivity contribution in [1.29, 1.82) is 0 Å². The van der Waals surface area contributed by atoms with Crippen molar-refractivity contribution in [3.05, 3.63) is 0 Å². The molecule has 0 unspecified atom stereocenters. The van der Waals surface area contributed by atoms with E-state index in [9.17, 15) is 9.59 Å². The molecule has 0 aromatic heterocycles. The maximum atomic E-state index is 11.6. The third kappa shape index (κ3) is 15.1. The first kappa shape index (κ1) is 19.9. The summed E-state index contributed by atoms with van der Waals surface area (Å²) in [6.07, 6.45) is 1.85. The van der Waals surface area contributed by atoms with Crippen LogP contribution in [-0.2, 0) is 9.59 Å². The van der Waals surface area contributed by atoms with Crippen molar-refractivity contribution in [3.63, 3.8) is 0 Å². The van der Waals surface area contributed by atoms with Crippen LogP contribution < -0.4 is 16.0 Å². The lowest BCUT2D eigenvalue weighted by Gasteiger charge is -2.20. The molecule has 0 bridgehead atoms. The summed E-state index contributed by atoms with van der Waals surface area (Å²) in [5.41, 5.74) is 0.201. The largest absolute Gasteiger partial charge is 0.354 e. The molecule has 0 spiro atoms. The Morgan fingerprint density at radius 3 is 1.67 bits per heavy atom. The lowest BCUT2D eigenvalue weighted by atomic mass is 9.90. The van der Waals surface area contributed by atoms with Crippen LogP contribution in [0.3, 0.4) is 0 Å². The van der Waals surface area contributed by atoms with Crippen molar-refractivity contribution in [2.75, 3.05) is 19.6 Å². The van der Waals surface area contributed by atoms with Crippen molar-refractivity contribution >= 4 is 11.8 Å². The first-order valence-corrected chi connectivity index (χ1v) is 7.78. The minimum atomic E-state index is 0.00990. The third-order valence-electron chi connectivity index (χ3n) is 2.88. The maximum absolute atomic E-state index is 11.6. The van der Waals surface area contributed by atoms with Gasteiger partial charge in [0.05, 0.1) is 0 Å². The van der Waals surface area contributed by atoms with Crippen LogP contribution in [0.5, 0.6) is 0 Å². The zero-order chi connectivity index (χ0) is 16.5. The van der Waals surface area contributed by atoms with E-state index in [0.717, 1.165) is 6.42 Å². The quantitative estimate of drug-likeness (QED) is 0.599. The summed E-state index contributed by atoms with van der Waals surface area (Å²) >= 11 is 0. The highest BCUT2D eigenvalue weighted by Gasteiger charge is 2.12. The highest BCUT2D eigenvalue weighted by atomic mass is 16.2.